The van der Waals surface area contributed by atoms with Crippen LogP contribution in [-0.2, 0) is 4.79 Å². The smallest absolute Gasteiger partial charge is 0.253 e. The van der Waals surface area contributed by atoms with Crippen molar-refractivity contribution < 1.29 is 9.59 Å². The Morgan fingerprint density at radius 1 is 1.10 bits per heavy atom. The van der Waals surface area contributed by atoms with Crippen molar-refractivity contribution in [2.24, 2.45) is 0 Å². The van der Waals surface area contributed by atoms with Crippen LogP contribution in [-0.4, -0.2) is 18.4 Å². The van der Waals surface area contributed by atoms with Gasteiger partial charge in [-0.2, -0.15) is 0 Å². The van der Waals surface area contributed by atoms with E-state index in [-0.39, 0.29) is 12.5 Å². The number of para-hydroxylation sites is 1. The van der Waals surface area contributed by atoms with Gasteiger partial charge in [-0.05, 0) is 30.3 Å². The van der Waals surface area contributed by atoms with E-state index in [1.54, 1.807) is 30.3 Å². The van der Waals surface area contributed by atoms with E-state index in [1.165, 1.54) is 0 Å². The Kier molecular flexibility index (Phi) is 5.36. The van der Waals surface area contributed by atoms with Crippen LogP contribution in [0.5, 0.6) is 0 Å². The molecule has 0 aliphatic heterocycles. The highest BCUT2D eigenvalue weighted by atomic mass is 79.9. The normalized spacial score (nSPS) is 10.0. The van der Waals surface area contributed by atoms with E-state index in [9.17, 15) is 9.59 Å². The van der Waals surface area contributed by atoms with Crippen LogP contribution in [0.15, 0.2) is 53.0 Å². The van der Waals surface area contributed by atoms with E-state index >= 15 is 0 Å². The van der Waals surface area contributed by atoms with Crippen molar-refractivity contribution in [1.29, 1.82) is 0 Å². The van der Waals surface area contributed by atoms with E-state index in [0.717, 1.165) is 4.47 Å². The third-order valence-electron chi connectivity index (χ3n) is 2.64. The lowest BCUT2D eigenvalue weighted by atomic mass is 10.2. The molecule has 6 heteroatoms. The summed E-state index contributed by atoms with van der Waals surface area (Å²) in [6.07, 6.45) is 0. The molecule has 2 rings (SSSR count). The Labute approximate surface area is 135 Å². The van der Waals surface area contributed by atoms with Gasteiger partial charge in [0.25, 0.3) is 5.91 Å². The summed E-state index contributed by atoms with van der Waals surface area (Å²) < 4.78 is 0.741. The second-order valence-corrected chi connectivity index (χ2v) is 5.54. The fraction of sp³-hybridized carbons (Fsp3) is 0.0667. The molecular formula is C15H12BrClN2O2. The zero-order chi connectivity index (χ0) is 15.2. The molecule has 21 heavy (non-hydrogen) atoms. The fourth-order valence-corrected chi connectivity index (χ4v) is 2.22. The van der Waals surface area contributed by atoms with Gasteiger partial charge in [0.15, 0.2) is 0 Å². The van der Waals surface area contributed by atoms with Gasteiger partial charge < -0.3 is 10.6 Å². The summed E-state index contributed by atoms with van der Waals surface area (Å²) in [7, 11) is 0. The summed E-state index contributed by atoms with van der Waals surface area (Å²) >= 11 is 9.22. The van der Waals surface area contributed by atoms with E-state index < -0.39 is 5.91 Å². The topological polar surface area (TPSA) is 58.2 Å². The summed E-state index contributed by atoms with van der Waals surface area (Å²) in [5.41, 5.74) is 0.996. The van der Waals surface area contributed by atoms with Gasteiger partial charge in [0.05, 0.1) is 17.1 Å². The number of benzene rings is 2. The maximum Gasteiger partial charge on any atom is 0.253 e. The Balaban J connectivity index is 1.92. The van der Waals surface area contributed by atoms with Crippen molar-refractivity contribution in [1.82, 2.24) is 5.32 Å². The lowest BCUT2D eigenvalue weighted by Gasteiger charge is -2.08. The van der Waals surface area contributed by atoms with Crippen molar-refractivity contribution in [3.05, 3.63) is 63.6 Å². The molecule has 0 aliphatic rings. The largest absolute Gasteiger partial charge is 0.343 e. The first kappa shape index (κ1) is 15.5. The van der Waals surface area contributed by atoms with E-state index in [4.69, 9.17) is 11.6 Å². The minimum Gasteiger partial charge on any atom is -0.343 e. The minimum absolute atomic E-state index is 0.128. The number of amides is 2. The fourth-order valence-electron chi connectivity index (χ4n) is 1.65. The molecule has 2 N–H and O–H groups in total. The Hall–Kier alpha value is -1.85. The summed E-state index contributed by atoms with van der Waals surface area (Å²) in [5, 5.41) is 5.54. The van der Waals surface area contributed by atoms with Gasteiger partial charge >= 0.3 is 0 Å². The van der Waals surface area contributed by atoms with Gasteiger partial charge in [-0.1, -0.05) is 45.7 Å². The van der Waals surface area contributed by atoms with Gasteiger partial charge in [0.2, 0.25) is 5.91 Å². The highest BCUT2D eigenvalue weighted by molar-refractivity contribution is 9.10. The minimum atomic E-state index is -0.399. The second kappa shape index (κ2) is 7.24. The SMILES string of the molecule is O=C(CNC(=O)c1cc(Br)ccc1Cl)Nc1ccccc1. The van der Waals surface area contributed by atoms with Crippen molar-refractivity contribution in [2.75, 3.05) is 11.9 Å². The summed E-state index contributed by atoms with van der Waals surface area (Å²) in [4.78, 5) is 23.7. The Bertz CT molecular complexity index is 662. The molecule has 2 aromatic carbocycles. The van der Waals surface area contributed by atoms with Crippen LogP contribution in [0.2, 0.25) is 5.02 Å². The molecule has 0 bridgehead atoms. The molecule has 2 aromatic rings. The van der Waals surface area contributed by atoms with Crippen LogP contribution in [0.3, 0.4) is 0 Å². The van der Waals surface area contributed by atoms with Crippen molar-refractivity contribution in [3.8, 4) is 0 Å². The number of carbonyl (C=O) groups excluding carboxylic acids is 2. The molecule has 2 amide bonds. The quantitative estimate of drug-likeness (QED) is 0.869. The summed E-state index contributed by atoms with van der Waals surface area (Å²) in [5.74, 6) is -0.704. The number of nitrogens with one attached hydrogen (secondary N) is 2. The van der Waals surface area contributed by atoms with Crippen molar-refractivity contribution in [3.63, 3.8) is 0 Å². The molecular weight excluding hydrogens is 356 g/mol. The van der Waals surface area contributed by atoms with E-state index in [0.29, 0.717) is 16.3 Å². The molecule has 108 valence electrons. The first-order chi connectivity index (χ1) is 10.1. The van der Waals surface area contributed by atoms with Crippen LogP contribution < -0.4 is 10.6 Å². The molecule has 0 aromatic heterocycles. The number of rotatable bonds is 4. The zero-order valence-corrected chi connectivity index (χ0v) is 13.2. The van der Waals surface area contributed by atoms with Crippen molar-refractivity contribution >= 4 is 45.0 Å². The highest BCUT2D eigenvalue weighted by Gasteiger charge is 2.12. The average molecular weight is 368 g/mol. The number of carbonyl (C=O) groups is 2. The standard InChI is InChI=1S/C15H12BrClN2O2/c16-10-6-7-13(17)12(8-10)15(21)18-9-14(20)19-11-4-2-1-3-5-11/h1-8H,9H2,(H,18,21)(H,19,20). The molecule has 4 nitrogen and oxygen atoms in total. The second-order valence-electron chi connectivity index (χ2n) is 4.22. The molecule has 0 fully saturated rings. The molecule has 0 saturated heterocycles. The Morgan fingerprint density at radius 3 is 2.52 bits per heavy atom. The van der Waals surface area contributed by atoms with Gasteiger partial charge in [-0.15, -0.1) is 0 Å². The molecule has 0 saturated carbocycles. The monoisotopic (exact) mass is 366 g/mol. The summed E-state index contributed by atoms with van der Waals surface area (Å²) in [6.45, 7) is -0.128. The first-order valence-electron chi connectivity index (χ1n) is 6.14. The van der Waals surface area contributed by atoms with Crippen LogP contribution >= 0.6 is 27.5 Å². The number of halogens is 2. The van der Waals surface area contributed by atoms with E-state index in [2.05, 4.69) is 26.6 Å². The summed E-state index contributed by atoms with van der Waals surface area (Å²) in [6, 6.07) is 14.0. The van der Waals surface area contributed by atoms with Gasteiger partial charge in [-0.3, -0.25) is 9.59 Å². The van der Waals surface area contributed by atoms with Crippen LogP contribution in [0, 0.1) is 0 Å². The van der Waals surface area contributed by atoms with Gasteiger partial charge in [0.1, 0.15) is 0 Å². The number of hydrogen-bond donors (Lipinski definition) is 2. The molecule has 0 unspecified atom stereocenters. The third kappa shape index (κ3) is 4.58. The molecule has 0 aliphatic carbocycles. The predicted octanol–water partition coefficient (Wildman–Crippen LogP) is 3.47. The number of anilines is 1. The lowest BCUT2D eigenvalue weighted by molar-refractivity contribution is -0.115. The third-order valence-corrected chi connectivity index (χ3v) is 3.46. The van der Waals surface area contributed by atoms with Crippen molar-refractivity contribution in [2.45, 2.75) is 0 Å². The maximum atomic E-state index is 12.0. The van der Waals surface area contributed by atoms with Crippen LogP contribution in [0.4, 0.5) is 5.69 Å². The van der Waals surface area contributed by atoms with Crippen LogP contribution in [0.1, 0.15) is 10.4 Å². The molecule has 0 radical (unpaired) electrons. The molecule has 0 atom stereocenters. The lowest BCUT2D eigenvalue weighted by Crippen LogP contribution is -2.33. The highest BCUT2D eigenvalue weighted by Crippen LogP contribution is 2.20. The molecule has 0 spiro atoms. The van der Waals surface area contributed by atoms with Gasteiger partial charge in [-0.25, -0.2) is 0 Å². The first-order valence-corrected chi connectivity index (χ1v) is 7.31. The van der Waals surface area contributed by atoms with Gasteiger partial charge in [0, 0.05) is 10.2 Å². The predicted molar refractivity (Wildman–Crippen MR) is 86.6 cm³/mol. The average Bonchev–Trinajstić information content (AvgIpc) is 2.48. The van der Waals surface area contributed by atoms with E-state index in [1.807, 2.05) is 18.2 Å². The Morgan fingerprint density at radius 2 is 1.81 bits per heavy atom. The maximum absolute atomic E-state index is 12.0. The van der Waals surface area contributed by atoms with Crippen LogP contribution in [0.25, 0.3) is 0 Å². The molecule has 0 heterocycles. The number of hydrogen-bond acceptors (Lipinski definition) is 2. The zero-order valence-electron chi connectivity index (χ0n) is 10.9.